The predicted molar refractivity (Wildman–Crippen MR) is 146 cm³/mol. The summed E-state index contributed by atoms with van der Waals surface area (Å²) in [6.07, 6.45) is 3.22. The van der Waals surface area contributed by atoms with E-state index in [1.165, 1.54) is 22.8 Å². The zero-order valence-corrected chi connectivity index (χ0v) is 23.6. The number of alkyl halides is 1. The molecule has 1 aliphatic carbocycles. The highest BCUT2D eigenvalue weighted by atomic mass is 19.1. The van der Waals surface area contributed by atoms with Crippen molar-refractivity contribution >= 4 is 23.5 Å². The van der Waals surface area contributed by atoms with Crippen molar-refractivity contribution < 1.29 is 32.6 Å². The summed E-state index contributed by atoms with van der Waals surface area (Å²) >= 11 is 0. The molecule has 0 spiro atoms. The SMILES string of the molecule is CCOC(=O)c1cnn2ccc(N3C[C@@H](F)C[C@@H]3c3cc(F)ccc3O[C@@H]3CC[C@H](NC(=O)OC(C)(C)C)C3)nc12. The van der Waals surface area contributed by atoms with Crippen LogP contribution in [0.15, 0.2) is 36.7 Å². The quantitative estimate of drug-likeness (QED) is 0.388. The van der Waals surface area contributed by atoms with E-state index in [1.54, 1.807) is 50.9 Å². The van der Waals surface area contributed by atoms with Crippen molar-refractivity contribution in [2.24, 2.45) is 0 Å². The van der Waals surface area contributed by atoms with Crippen molar-refractivity contribution in [1.82, 2.24) is 19.9 Å². The minimum absolute atomic E-state index is 0.0397. The first-order chi connectivity index (χ1) is 19.5. The van der Waals surface area contributed by atoms with Crippen molar-refractivity contribution in [1.29, 1.82) is 0 Å². The van der Waals surface area contributed by atoms with E-state index in [9.17, 15) is 18.4 Å². The summed E-state index contributed by atoms with van der Waals surface area (Å²) in [7, 11) is 0. The molecule has 3 aromatic rings. The molecule has 2 aromatic heterocycles. The van der Waals surface area contributed by atoms with Gasteiger partial charge in [0.1, 0.15) is 40.8 Å². The lowest BCUT2D eigenvalue weighted by Crippen LogP contribution is -2.38. The molecule has 1 amide bonds. The van der Waals surface area contributed by atoms with Crippen molar-refractivity contribution in [2.45, 2.75) is 83.3 Å². The zero-order chi connectivity index (χ0) is 29.3. The number of hydrogen-bond donors (Lipinski definition) is 1. The van der Waals surface area contributed by atoms with Gasteiger partial charge in [-0.15, -0.1) is 0 Å². The van der Waals surface area contributed by atoms with Crippen molar-refractivity contribution in [2.75, 3.05) is 18.1 Å². The molecule has 4 atom stereocenters. The van der Waals surface area contributed by atoms with E-state index in [0.717, 1.165) is 0 Å². The minimum Gasteiger partial charge on any atom is -0.490 e. The number of carbonyl (C=O) groups is 2. The fourth-order valence-electron chi connectivity index (χ4n) is 5.42. The summed E-state index contributed by atoms with van der Waals surface area (Å²) in [6, 6.07) is 5.27. The van der Waals surface area contributed by atoms with Gasteiger partial charge in [0, 0.05) is 30.6 Å². The summed E-state index contributed by atoms with van der Waals surface area (Å²) in [5, 5.41) is 7.05. The molecule has 12 heteroatoms. The first-order valence-corrected chi connectivity index (χ1v) is 13.9. The number of nitrogens with one attached hydrogen (secondary N) is 1. The maximum atomic E-state index is 14.9. The molecule has 0 radical (unpaired) electrons. The van der Waals surface area contributed by atoms with Crippen LogP contribution >= 0.6 is 0 Å². The monoisotopic (exact) mass is 571 g/mol. The molecule has 1 aromatic carbocycles. The van der Waals surface area contributed by atoms with Crippen LogP contribution in [0.2, 0.25) is 0 Å². The summed E-state index contributed by atoms with van der Waals surface area (Å²) in [5.74, 6) is -0.137. The van der Waals surface area contributed by atoms with Crippen LogP contribution in [0.25, 0.3) is 5.65 Å². The van der Waals surface area contributed by atoms with Gasteiger partial charge in [-0.25, -0.2) is 27.9 Å². The van der Waals surface area contributed by atoms with E-state index in [2.05, 4.69) is 15.4 Å². The van der Waals surface area contributed by atoms with Crippen LogP contribution in [0, 0.1) is 5.82 Å². The number of ether oxygens (including phenoxy) is 3. The number of anilines is 1. The molecule has 2 fully saturated rings. The standard InChI is InChI=1S/C29H35F2N5O5/c1-5-39-27(37)22-15-32-36-11-10-25(34-26(22)36)35-16-18(31)13-23(35)21-12-17(30)6-9-24(21)40-20-8-7-19(14-20)33-28(38)41-29(2,3)4/h6,9-12,15,18-20,23H,5,7-8,13-14,16H2,1-4H3,(H,33,38)/t18-,19-,20+,23+/m0/s1. The minimum atomic E-state index is -1.18. The Bertz CT molecular complexity index is 1420. The number of esters is 1. The Labute approximate surface area is 237 Å². The molecule has 2 aliphatic rings. The predicted octanol–water partition coefficient (Wildman–Crippen LogP) is 5.16. The number of nitrogens with zero attached hydrogens (tertiary/aromatic N) is 4. The van der Waals surface area contributed by atoms with E-state index in [1.807, 2.05) is 0 Å². The number of benzene rings is 1. The Kier molecular flexibility index (Phi) is 8.01. The van der Waals surface area contributed by atoms with Crippen LogP contribution in [-0.2, 0) is 9.47 Å². The van der Waals surface area contributed by atoms with Gasteiger partial charge in [-0.3, -0.25) is 0 Å². The number of fused-ring (bicyclic) bond motifs is 1. The summed E-state index contributed by atoms with van der Waals surface area (Å²) in [5.41, 5.74) is 0.398. The lowest BCUT2D eigenvalue weighted by molar-refractivity contribution is 0.0498. The Morgan fingerprint density at radius 2 is 1.98 bits per heavy atom. The largest absolute Gasteiger partial charge is 0.490 e. The van der Waals surface area contributed by atoms with Gasteiger partial charge >= 0.3 is 12.1 Å². The van der Waals surface area contributed by atoms with Crippen molar-refractivity contribution in [3.05, 3.63) is 53.6 Å². The second-order valence-corrected chi connectivity index (χ2v) is 11.4. The molecular formula is C29H35F2N5O5. The first-order valence-electron chi connectivity index (χ1n) is 13.9. The van der Waals surface area contributed by atoms with Crippen LogP contribution in [0.5, 0.6) is 5.75 Å². The van der Waals surface area contributed by atoms with E-state index >= 15 is 0 Å². The number of rotatable bonds is 7. The summed E-state index contributed by atoms with van der Waals surface area (Å²) < 4.78 is 47.8. The van der Waals surface area contributed by atoms with E-state index in [4.69, 9.17) is 14.2 Å². The second kappa shape index (κ2) is 11.5. The van der Waals surface area contributed by atoms with Gasteiger partial charge in [0.05, 0.1) is 25.4 Å². The number of alkyl carbamates (subject to hydrolysis) is 1. The number of carbonyl (C=O) groups excluding carboxylic acids is 2. The summed E-state index contributed by atoms with van der Waals surface area (Å²) in [4.78, 5) is 31.0. The number of aromatic nitrogens is 3. The zero-order valence-electron chi connectivity index (χ0n) is 23.6. The Morgan fingerprint density at radius 1 is 1.17 bits per heavy atom. The lowest BCUT2D eigenvalue weighted by atomic mass is 10.0. The highest BCUT2D eigenvalue weighted by Crippen LogP contribution is 2.42. The maximum Gasteiger partial charge on any atom is 0.407 e. The average Bonchev–Trinajstić information content (AvgIpc) is 3.62. The highest BCUT2D eigenvalue weighted by Gasteiger charge is 2.37. The van der Waals surface area contributed by atoms with Gasteiger partial charge in [0.2, 0.25) is 0 Å². The Balaban J connectivity index is 1.37. The van der Waals surface area contributed by atoms with Crippen molar-refractivity contribution in [3.8, 4) is 5.75 Å². The topological polar surface area (TPSA) is 107 Å². The highest BCUT2D eigenvalue weighted by molar-refractivity contribution is 5.95. The molecule has 1 N–H and O–H groups in total. The lowest BCUT2D eigenvalue weighted by Gasteiger charge is -2.28. The van der Waals surface area contributed by atoms with Crippen LogP contribution in [0.4, 0.5) is 19.4 Å². The molecule has 5 rings (SSSR count). The fraction of sp³-hybridized carbons (Fsp3) is 0.517. The average molecular weight is 572 g/mol. The molecule has 1 saturated carbocycles. The van der Waals surface area contributed by atoms with Crippen LogP contribution in [-0.4, -0.2) is 63.7 Å². The first kappa shape index (κ1) is 28.6. The Morgan fingerprint density at radius 3 is 2.73 bits per heavy atom. The normalized spacial score (nSPS) is 22.6. The molecule has 3 heterocycles. The third-order valence-corrected chi connectivity index (χ3v) is 7.12. The van der Waals surface area contributed by atoms with Gasteiger partial charge in [-0.05, 0) is 64.8 Å². The molecule has 0 bridgehead atoms. The molecular weight excluding hydrogens is 536 g/mol. The van der Waals surface area contributed by atoms with Gasteiger partial charge in [-0.1, -0.05) is 0 Å². The number of halogens is 2. The Hall–Kier alpha value is -3.96. The molecule has 41 heavy (non-hydrogen) atoms. The van der Waals surface area contributed by atoms with E-state index in [-0.39, 0.29) is 42.9 Å². The number of amides is 1. The van der Waals surface area contributed by atoms with Crippen LogP contribution in [0.1, 0.15) is 75.3 Å². The van der Waals surface area contributed by atoms with Gasteiger partial charge < -0.3 is 24.4 Å². The molecule has 1 aliphatic heterocycles. The molecule has 1 saturated heterocycles. The maximum absolute atomic E-state index is 14.9. The smallest absolute Gasteiger partial charge is 0.407 e. The molecule has 10 nitrogen and oxygen atoms in total. The third-order valence-electron chi connectivity index (χ3n) is 7.12. The third kappa shape index (κ3) is 6.52. The molecule has 220 valence electrons. The van der Waals surface area contributed by atoms with E-state index in [0.29, 0.717) is 36.4 Å². The van der Waals surface area contributed by atoms with Gasteiger partial charge in [-0.2, -0.15) is 5.10 Å². The fourth-order valence-corrected chi connectivity index (χ4v) is 5.42. The summed E-state index contributed by atoms with van der Waals surface area (Å²) in [6.45, 7) is 7.37. The van der Waals surface area contributed by atoms with E-state index < -0.39 is 35.7 Å². The molecule has 0 unspecified atom stereocenters. The van der Waals surface area contributed by atoms with Gasteiger partial charge in [0.25, 0.3) is 0 Å². The van der Waals surface area contributed by atoms with Crippen LogP contribution in [0.3, 0.4) is 0 Å². The van der Waals surface area contributed by atoms with Crippen LogP contribution < -0.4 is 15.0 Å². The second-order valence-electron chi connectivity index (χ2n) is 11.4. The van der Waals surface area contributed by atoms with Gasteiger partial charge in [0.15, 0.2) is 5.65 Å². The number of hydrogen-bond acceptors (Lipinski definition) is 8. The van der Waals surface area contributed by atoms with Crippen molar-refractivity contribution in [3.63, 3.8) is 0 Å².